The third-order valence-corrected chi connectivity index (χ3v) is 4.17. The first-order chi connectivity index (χ1) is 8.97. The van der Waals surface area contributed by atoms with Gasteiger partial charge in [-0.25, -0.2) is 4.79 Å². The number of urea groups is 1. The fourth-order valence-electron chi connectivity index (χ4n) is 1.88. The van der Waals surface area contributed by atoms with Gasteiger partial charge in [0.1, 0.15) is 0 Å². The SMILES string of the molecule is Cc1ncc(NC(=O)NC2CNC(=O)C2)c(C)c1Br. The zero-order valence-electron chi connectivity index (χ0n) is 10.7. The Labute approximate surface area is 119 Å². The van der Waals surface area contributed by atoms with Gasteiger partial charge in [0.2, 0.25) is 5.91 Å². The van der Waals surface area contributed by atoms with E-state index in [2.05, 4.69) is 36.9 Å². The van der Waals surface area contributed by atoms with Crippen molar-refractivity contribution in [1.29, 1.82) is 0 Å². The van der Waals surface area contributed by atoms with Crippen LogP contribution in [0.25, 0.3) is 0 Å². The number of pyridine rings is 1. The van der Waals surface area contributed by atoms with Gasteiger partial charge >= 0.3 is 6.03 Å². The second kappa shape index (κ2) is 5.56. The maximum Gasteiger partial charge on any atom is 0.319 e. The Morgan fingerprint density at radius 1 is 1.53 bits per heavy atom. The largest absolute Gasteiger partial charge is 0.354 e. The Morgan fingerprint density at radius 3 is 2.89 bits per heavy atom. The van der Waals surface area contributed by atoms with Gasteiger partial charge < -0.3 is 16.0 Å². The van der Waals surface area contributed by atoms with Gasteiger partial charge in [-0.2, -0.15) is 0 Å². The number of hydrogen-bond acceptors (Lipinski definition) is 3. The molecule has 3 N–H and O–H groups in total. The zero-order chi connectivity index (χ0) is 14.0. The number of rotatable bonds is 2. The summed E-state index contributed by atoms with van der Waals surface area (Å²) in [5, 5.41) is 8.15. The van der Waals surface area contributed by atoms with Gasteiger partial charge in [0.15, 0.2) is 0 Å². The van der Waals surface area contributed by atoms with E-state index in [9.17, 15) is 9.59 Å². The Bertz CT molecular complexity index is 533. The van der Waals surface area contributed by atoms with Crippen LogP contribution in [0.3, 0.4) is 0 Å². The quantitative estimate of drug-likeness (QED) is 0.769. The minimum atomic E-state index is -0.331. The number of nitrogens with zero attached hydrogens (tertiary/aromatic N) is 1. The van der Waals surface area contributed by atoms with E-state index < -0.39 is 0 Å². The van der Waals surface area contributed by atoms with Gasteiger partial charge in [-0.15, -0.1) is 0 Å². The minimum Gasteiger partial charge on any atom is -0.354 e. The highest BCUT2D eigenvalue weighted by molar-refractivity contribution is 9.10. The van der Waals surface area contributed by atoms with Crippen LogP contribution in [0.2, 0.25) is 0 Å². The summed E-state index contributed by atoms with van der Waals surface area (Å²) in [5.74, 6) is -0.0405. The smallest absolute Gasteiger partial charge is 0.319 e. The van der Waals surface area contributed by atoms with Crippen molar-refractivity contribution in [2.24, 2.45) is 0 Å². The van der Waals surface area contributed by atoms with E-state index >= 15 is 0 Å². The van der Waals surface area contributed by atoms with Crippen molar-refractivity contribution in [1.82, 2.24) is 15.6 Å². The van der Waals surface area contributed by atoms with Crippen molar-refractivity contribution in [3.8, 4) is 0 Å². The Balaban J connectivity index is 1.99. The topological polar surface area (TPSA) is 83.1 Å². The molecule has 0 radical (unpaired) electrons. The van der Waals surface area contributed by atoms with E-state index in [4.69, 9.17) is 0 Å². The standard InChI is InChI=1S/C12H15BrN4O2/c1-6-9(5-14-7(2)11(6)13)17-12(19)16-8-3-10(18)15-4-8/h5,8H,3-4H2,1-2H3,(H,15,18)(H2,16,17,19). The van der Waals surface area contributed by atoms with Crippen molar-refractivity contribution < 1.29 is 9.59 Å². The molecule has 0 aromatic carbocycles. The van der Waals surface area contributed by atoms with E-state index in [0.717, 1.165) is 15.7 Å². The highest BCUT2D eigenvalue weighted by Gasteiger charge is 2.23. The van der Waals surface area contributed by atoms with Gasteiger partial charge in [-0.1, -0.05) is 0 Å². The predicted octanol–water partition coefficient (Wildman–Crippen LogP) is 1.47. The van der Waals surface area contributed by atoms with Crippen LogP contribution in [-0.4, -0.2) is 29.5 Å². The molecular formula is C12H15BrN4O2. The molecule has 0 spiro atoms. The lowest BCUT2D eigenvalue weighted by Gasteiger charge is -2.14. The summed E-state index contributed by atoms with van der Waals surface area (Å²) in [6.07, 6.45) is 1.94. The van der Waals surface area contributed by atoms with Gasteiger partial charge in [-0.05, 0) is 35.3 Å². The van der Waals surface area contributed by atoms with Crippen LogP contribution in [0.1, 0.15) is 17.7 Å². The molecule has 1 aliphatic heterocycles. The van der Waals surface area contributed by atoms with Crippen molar-refractivity contribution in [2.45, 2.75) is 26.3 Å². The number of nitrogens with one attached hydrogen (secondary N) is 3. The number of aryl methyl sites for hydroxylation is 1. The summed E-state index contributed by atoms with van der Waals surface area (Å²) in [4.78, 5) is 27.0. The first kappa shape index (κ1) is 13.8. The highest BCUT2D eigenvalue weighted by Crippen LogP contribution is 2.25. The van der Waals surface area contributed by atoms with E-state index in [0.29, 0.717) is 18.7 Å². The maximum absolute atomic E-state index is 11.8. The molecule has 2 heterocycles. The Kier molecular flexibility index (Phi) is 4.04. The maximum atomic E-state index is 11.8. The predicted molar refractivity (Wildman–Crippen MR) is 75.0 cm³/mol. The summed E-state index contributed by atoms with van der Waals surface area (Å²) in [5.41, 5.74) is 2.43. The summed E-state index contributed by atoms with van der Waals surface area (Å²) in [6.45, 7) is 4.26. The summed E-state index contributed by atoms with van der Waals surface area (Å²) in [7, 11) is 0. The van der Waals surface area contributed by atoms with Crippen LogP contribution < -0.4 is 16.0 Å². The lowest BCUT2D eigenvalue weighted by molar-refractivity contribution is -0.119. The molecule has 3 amide bonds. The van der Waals surface area contributed by atoms with E-state index in [1.54, 1.807) is 6.20 Å². The molecule has 1 aromatic heterocycles. The van der Waals surface area contributed by atoms with Gasteiger partial charge in [0.05, 0.1) is 23.6 Å². The molecule has 7 heteroatoms. The van der Waals surface area contributed by atoms with Crippen molar-refractivity contribution >= 4 is 33.6 Å². The molecule has 1 atom stereocenters. The number of carbonyl (C=O) groups is 2. The van der Waals surface area contributed by atoms with Crippen LogP contribution in [0.5, 0.6) is 0 Å². The molecule has 0 bridgehead atoms. The molecular weight excluding hydrogens is 312 g/mol. The molecule has 1 fully saturated rings. The summed E-state index contributed by atoms with van der Waals surface area (Å²) < 4.78 is 0.878. The lowest BCUT2D eigenvalue weighted by atomic mass is 10.2. The lowest BCUT2D eigenvalue weighted by Crippen LogP contribution is -2.39. The third kappa shape index (κ3) is 3.23. The Hall–Kier alpha value is -1.63. The number of halogens is 1. The third-order valence-electron chi connectivity index (χ3n) is 3.00. The van der Waals surface area contributed by atoms with Crippen LogP contribution >= 0.6 is 15.9 Å². The molecule has 0 saturated carbocycles. The Morgan fingerprint density at radius 2 is 2.26 bits per heavy atom. The number of amides is 3. The molecule has 1 saturated heterocycles. The molecule has 0 aliphatic carbocycles. The van der Waals surface area contributed by atoms with Crippen LogP contribution in [-0.2, 0) is 4.79 Å². The van der Waals surface area contributed by atoms with Crippen LogP contribution in [0.4, 0.5) is 10.5 Å². The van der Waals surface area contributed by atoms with Crippen LogP contribution in [0.15, 0.2) is 10.7 Å². The zero-order valence-corrected chi connectivity index (χ0v) is 12.3. The molecule has 2 rings (SSSR count). The summed E-state index contributed by atoms with van der Waals surface area (Å²) >= 11 is 3.43. The highest BCUT2D eigenvalue weighted by atomic mass is 79.9. The molecule has 1 aliphatic rings. The van der Waals surface area contributed by atoms with Gasteiger partial charge in [-0.3, -0.25) is 9.78 Å². The van der Waals surface area contributed by atoms with Gasteiger partial charge in [0.25, 0.3) is 0 Å². The molecule has 6 nitrogen and oxygen atoms in total. The van der Waals surface area contributed by atoms with E-state index in [-0.39, 0.29) is 18.0 Å². The number of aromatic nitrogens is 1. The molecule has 1 aromatic rings. The first-order valence-electron chi connectivity index (χ1n) is 5.93. The second-order valence-corrected chi connectivity index (χ2v) is 5.29. The monoisotopic (exact) mass is 326 g/mol. The number of anilines is 1. The normalized spacial score (nSPS) is 18.1. The fraction of sp³-hybridized carbons (Fsp3) is 0.417. The van der Waals surface area contributed by atoms with Crippen molar-refractivity contribution in [3.05, 3.63) is 21.9 Å². The van der Waals surface area contributed by atoms with Crippen molar-refractivity contribution in [2.75, 3.05) is 11.9 Å². The average molecular weight is 327 g/mol. The first-order valence-corrected chi connectivity index (χ1v) is 6.72. The summed E-state index contributed by atoms with van der Waals surface area (Å²) in [6, 6.07) is -0.489. The van der Waals surface area contributed by atoms with E-state index in [1.165, 1.54) is 0 Å². The number of hydrogen-bond donors (Lipinski definition) is 3. The average Bonchev–Trinajstić information content (AvgIpc) is 2.75. The van der Waals surface area contributed by atoms with Crippen LogP contribution in [0, 0.1) is 13.8 Å². The minimum absolute atomic E-state index is 0.0405. The van der Waals surface area contributed by atoms with E-state index in [1.807, 2.05) is 13.8 Å². The van der Waals surface area contributed by atoms with Gasteiger partial charge in [0, 0.05) is 17.4 Å². The molecule has 19 heavy (non-hydrogen) atoms. The fourth-order valence-corrected chi connectivity index (χ4v) is 2.20. The molecule has 102 valence electrons. The molecule has 1 unspecified atom stereocenters. The second-order valence-electron chi connectivity index (χ2n) is 4.50. The number of carbonyl (C=O) groups excluding carboxylic acids is 2. The van der Waals surface area contributed by atoms with Crippen molar-refractivity contribution in [3.63, 3.8) is 0 Å².